The van der Waals surface area contributed by atoms with E-state index in [1.165, 1.54) is 0 Å². The molecule has 2 rings (SSSR count). The van der Waals surface area contributed by atoms with Crippen LogP contribution in [0.25, 0.3) is 0 Å². The van der Waals surface area contributed by atoms with Crippen LogP contribution in [0.3, 0.4) is 0 Å². The average molecular weight is 246 g/mol. The summed E-state index contributed by atoms with van der Waals surface area (Å²) in [5.41, 5.74) is 2.03. The zero-order valence-corrected chi connectivity index (χ0v) is 11.7. The molecule has 1 aromatic rings. The monoisotopic (exact) mass is 246 g/mol. The highest BCUT2D eigenvalue weighted by atomic mass is 16.2. The van der Waals surface area contributed by atoms with Crippen LogP contribution < -0.4 is 10.2 Å². The average Bonchev–Trinajstić information content (AvgIpc) is 2.39. The van der Waals surface area contributed by atoms with Crippen LogP contribution in [0.2, 0.25) is 0 Å². The van der Waals surface area contributed by atoms with Crippen LogP contribution in [0.1, 0.15) is 32.8 Å². The lowest BCUT2D eigenvalue weighted by molar-refractivity contribution is -0.120. The van der Waals surface area contributed by atoms with E-state index in [1.807, 2.05) is 30.0 Å². The minimum atomic E-state index is -0.152. The molecule has 1 atom stereocenters. The first-order valence-corrected chi connectivity index (χ1v) is 6.56. The topological polar surface area (TPSA) is 32.3 Å². The fraction of sp³-hybridized carbons (Fsp3) is 0.533. The van der Waals surface area contributed by atoms with Crippen molar-refractivity contribution >= 4 is 11.6 Å². The number of carbonyl (C=O) groups excluding carboxylic acids is 1. The molecule has 1 heterocycles. The van der Waals surface area contributed by atoms with Crippen LogP contribution in [-0.2, 0) is 4.79 Å². The fourth-order valence-corrected chi connectivity index (χ4v) is 2.54. The van der Waals surface area contributed by atoms with E-state index in [4.69, 9.17) is 0 Å². The van der Waals surface area contributed by atoms with Crippen LogP contribution in [0.4, 0.5) is 5.69 Å². The first kappa shape index (κ1) is 13.1. The van der Waals surface area contributed by atoms with E-state index in [-0.39, 0.29) is 17.5 Å². The van der Waals surface area contributed by atoms with Gasteiger partial charge >= 0.3 is 0 Å². The van der Waals surface area contributed by atoms with Crippen LogP contribution >= 0.6 is 0 Å². The summed E-state index contributed by atoms with van der Waals surface area (Å²) >= 11 is 0. The van der Waals surface area contributed by atoms with Gasteiger partial charge in [-0.25, -0.2) is 0 Å². The van der Waals surface area contributed by atoms with Crippen molar-refractivity contribution in [3.05, 3.63) is 29.8 Å². The summed E-state index contributed by atoms with van der Waals surface area (Å²) < 4.78 is 0. The summed E-state index contributed by atoms with van der Waals surface area (Å²) in [5.74, 6) is 0.159. The Bertz CT molecular complexity index is 454. The van der Waals surface area contributed by atoms with E-state index >= 15 is 0 Å². The number of benzene rings is 1. The summed E-state index contributed by atoms with van der Waals surface area (Å²) in [6.45, 7) is 9.15. The Morgan fingerprint density at radius 3 is 2.67 bits per heavy atom. The van der Waals surface area contributed by atoms with Crippen molar-refractivity contribution in [3.63, 3.8) is 0 Å². The molecule has 98 valence electrons. The number of carbonyl (C=O) groups is 1. The van der Waals surface area contributed by atoms with Gasteiger partial charge in [0.2, 0.25) is 5.91 Å². The van der Waals surface area contributed by atoms with Crippen molar-refractivity contribution in [2.75, 3.05) is 11.4 Å². The number of anilines is 1. The highest BCUT2D eigenvalue weighted by Gasteiger charge is 2.37. The Labute approximate surface area is 109 Å². The Hall–Kier alpha value is -1.35. The van der Waals surface area contributed by atoms with E-state index in [1.54, 1.807) is 0 Å². The lowest BCUT2D eigenvalue weighted by atomic mass is 9.96. The lowest BCUT2D eigenvalue weighted by Gasteiger charge is -2.38. The molecule has 0 aliphatic carbocycles. The highest BCUT2D eigenvalue weighted by Crippen LogP contribution is 2.31. The summed E-state index contributed by atoms with van der Waals surface area (Å²) in [6, 6.07) is 7.98. The van der Waals surface area contributed by atoms with E-state index in [2.05, 4.69) is 32.2 Å². The molecule has 3 heteroatoms. The standard InChI is InChI=1S/C15H22N2O/c1-11-7-5-6-8-13(11)17-14(18)12(2)16-10-9-15(17,3)4/h5-8,12,16H,9-10H2,1-4H3. The molecule has 0 bridgehead atoms. The molecule has 1 N–H and O–H groups in total. The van der Waals surface area contributed by atoms with Crippen LogP contribution in [0.15, 0.2) is 24.3 Å². The molecule has 3 nitrogen and oxygen atoms in total. The van der Waals surface area contributed by atoms with Crippen molar-refractivity contribution in [1.82, 2.24) is 5.32 Å². The van der Waals surface area contributed by atoms with Gasteiger partial charge in [-0.1, -0.05) is 18.2 Å². The number of amides is 1. The molecule has 0 aromatic heterocycles. The van der Waals surface area contributed by atoms with Gasteiger partial charge in [-0.05, 0) is 52.3 Å². The Morgan fingerprint density at radius 2 is 2.00 bits per heavy atom. The molecule has 0 saturated carbocycles. The van der Waals surface area contributed by atoms with Crippen LogP contribution in [0.5, 0.6) is 0 Å². The second-order valence-corrected chi connectivity index (χ2v) is 5.70. The molecule has 18 heavy (non-hydrogen) atoms. The minimum absolute atomic E-state index is 0.119. The SMILES string of the molecule is Cc1ccccc1N1C(=O)C(C)NCCC1(C)C. The molecule has 1 unspecified atom stereocenters. The summed E-state index contributed by atoms with van der Waals surface area (Å²) in [4.78, 5) is 14.5. The second-order valence-electron chi connectivity index (χ2n) is 5.70. The number of hydrogen-bond acceptors (Lipinski definition) is 2. The van der Waals surface area contributed by atoms with Crippen molar-refractivity contribution in [2.24, 2.45) is 0 Å². The second kappa shape index (κ2) is 4.73. The number of hydrogen-bond donors (Lipinski definition) is 1. The van der Waals surface area contributed by atoms with E-state index in [0.717, 1.165) is 24.2 Å². The van der Waals surface area contributed by atoms with E-state index in [0.29, 0.717) is 0 Å². The minimum Gasteiger partial charge on any atom is -0.306 e. The van der Waals surface area contributed by atoms with Gasteiger partial charge in [0.05, 0.1) is 6.04 Å². The summed E-state index contributed by atoms with van der Waals surface area (Å²) in [7, 11) is 0. The highest BCUT2D eigenvalue weighted by molar-refractivity contribution is 5.99. The third-order valence-corrected chi connectivity index (χ3v) is 3.74. The van der Waals surface area contributed by atoms with Gasteiger partial charge in [-0.2, -0.15) is 0 Å². The van der Waals surface area contributed by atoms with Gasteiger partial charge in [-0.3, -0.25) is 4.79 Å². The zero-order chi connectivity index (χ0) is 13.3. The van der Waals surface area contributed by atoms with Gasteiger partial charge < -0.3 is 10.2 Å². The first-order valence-electron chi connectivity index (χ1n) is 6.56. The largest absolute Gasteiger partial charge is 0.306 e. The third kappa shape index (κ3) is 2.27. The quantitative estimate of drug-likeness (QED) is 0.825. The summed E-state index contributed by atoms with van der Waals surface area (Å²) in [6.07, 6.45) is 0.956. The normalized spacial score (nSPS) is 23.9. The maximum atomic E-state index is 12.6. The molecule has 0 radical (unpaired) electrons. The first-order chi connectivity index (χ1) is 8.43. The predicted octanol–water partition coefficient (Wildman–Crippen LogP) is 2.49. The maximum absolute atomic E-state index is 12.6. The van der Waals surface area contributed by atoms with Gasteiger partial charge in [-0.15, -0.1) is 0 Å². The lowest BCUT2D eigenvalue weighted by Crippen LogP contribution is -2.50. The van der Waals surface area contributed by atoms with Gasteiger partial charge in [0.1, 0.15) is 0 Å². The van der Waals surface area contributed by atoms with Gasteiger partial charge in [0, 0.05) is 11.2 Å². The fourth-order valence-electron chi connectivity index (χ4n) is 2.54. The van der Waals surface area contributed by atoms with E-state index in [9.17, 15) is 4.79 Å². The van der Waals surface area contributed by atoms with Crippen molar-refractivity contribution in [3.8, 4) is 0 Å². The number of nitrogens with one attached hydrogen (secondary N) is 1. The van der Waals surface area contributed by atoms with Crippen molar-refractivity contribution < 1.29 is 4.79 Å². The molecular formula is C15H22N2O. The molecule has 1 fully saturated rings. The number of para-hydroxylation sites is 1. The van der Waals surface area contributed by atoms with Gasteiger partial charge in [0.25, 0.3) is 0 Å². The molecule has 0 spiro atoms. The maximum Gasteiger partial charge on any atom is 0.244 e. The van der Waals surface area contributed by atoms with Crippen molar-refractivity contribution in [1.29, 1.82) is 0 Å². The Balaban J connectivity index is 2.49. The molecular weight excluding hydrogens is 224 g/mol. The molecule has 1 aliphatic heterocycles. The molecule has 1 amide bonds. The molecule has 1 saturated heterocycles. The van der Waals surface area contributed by atoms with Crippen LogP contribution in [0, 0.1) is 6.92 Å². The zero-order valence-electron chi connectivity index (χ0n) is 11.7. The predicted molar refractivity (Wildman–Crippen MR) is 74.8 cm³/mol. The van der Waals surface area contributed by atoms with Crippen LogP contribution in [-0.4, -0.2) is 24.0 Å². The smallest absolute Gasteiger partial charge is 0.244 e. The number of aryl methyl sites for hydroxylation is 1. The number of rotatable bonds is 1. The third-order valence-electron chi connectivity index (χ3n) is 3.74. The summed E-state index contributed by atoms with van der Waals surface area (Å²) in [5, 5.41) is 3.28. The van der Waals surface area contributed by atoms with E-state index < -0.39 is 0 Å². The molecule has 1 aliphatic rings. The Kier molecular flexibility index (Phi) is 3.44. The Morgan fingerprint density at radius 1 is 1.33 bits per heavy atom. The van der Waals surface area contributed by atoms with Crippen molar-refractivity contribution in [2.45, 2.75) is 45.7 Å². The van der Waals surface area contributed by atoms with Gasteiger partial charge in [0.15, 0.2) is 0 Å². The molecule has 1 aromatic carbocycles. The number of nitrogens with zero attached hydrogens (tertiary/aromatic N) is 1.